The van der Waals surface area contributed by atoms with E-state index >= 15 is 0 Å². The minimum absolute atomic E-state index is 0.113. The molecule has 1 N–H and O–H groups in total. The van der Waals surface area contributed by atoms with Crippen LogP contribution >= 0.6 is 11.3 Å². The van der Waals surface area contributed by atoms with E-state index in [9.17, 15) is 13.6 Å². The molecule has 0 radical (unpaired) electrons. The van der Waals surface area contributed by atoms with E-state index in [4.69, 9.17) is 0 Å². The van der Waals surface area contributed by atoms with Crippen LogP contribution < -0.4 is 5.32 Å². The fourth-order valence-corrected chi connectivity index (χ4v) is 4.98. The van der Waals surface area contributed by atoms with Crippen LogP contribution in [0, 0.1) is 11.6 Å². The third-order valence-corrected chi connectivity index (χ3v) is 6.22. The molecule has 0 atom stereocenters. The number of hydrogen-bond donors (Lipinski definition) is 1. The van der Waals surface area contributed by atoms with Crippen molar-refractivity contribution in [2.24, 2.45) is 0 Å². The molecule has 3 aromatic rings. The number of thiophene rings is 1. The van der Waals surface area contributed by atoms with Crippen LogP contribution in [0.25, 0.3) is 10.3 Å². The first kappa shape index (κ1) is 18.9. The van der Waals surface area contributed by atoms with E-state index < -0.39 is 11.6 Å². The molecule has 0 bridgehead atoms. The molecule has 5 nitrogen and oxygen atoms in total. The summed E-state index contributed by atoms with van der Waals surface area (Å²) in [5.41, 5.74) is 2.41. The number of piperidine rings is 1. The van der Waals surface area contributed by atoms with Crippen LogP contribution in [-0.2, 0) is 6.54 Å². The molecule has 0 saturated carbocycles. The van der Waals surface area contributed by atoms with Gasteiger partial charge in [-0.15, -0.1) is 11.3 Å². The highest BCUT2D eigenvalue weighted by atomic mass is 32.1. The van der Waals surface area contributed by atoms with Crippen molar-refractivity contribution in [3.05, 3.63) is 58.2 Å². The van der Waals surface area contributed by atoms with Crippen molar-refractivity contribution in [3.8, 4) is 0 Å². The Balaban J connectivity index is 1.53. The number of halogens is 2. The molecule has 1 aromatic carbocycles. The highest BCUT2D eigenvalue weighted by Gasteiger charge is 2.29. The van der Waals surface area contributed by atoms with Gasteiger partial charge in [-0.3, -0.25) is 14.7 Å². The smallest absolute Gasteiger partial charge is 0.261 e. The number of fused-ring (bicyclic) bond motifs is 1. The lowest BCUT2D eigenvalue weighted by atomic mass is 9.88. The van der Waals surface area contributed by atoms with Crippen molar-refractivity contribution in [1.29, 1.82) is 0 Å². The van der Waals surface area contributed by atoms with Gasteiger partial charge in [0.25, 0.3) is 5.91 Å². The first-order valence-corrected chi connectivity index (χ1v) is 9.99. The van der Waals surface area contributed by atoms with Crippen LogP contribution in [0.15, 0.2) is 30.6 Å². The zero-order valence-corrected chi connectivity index (χ0v) is 16.2. The minimum Gasteiger partial charge on any atom is -0.354 e. The lowest BCUT2D eigenvalue weighted by Gasteiger charge is -2.32. The summed E-state index contributed by atoms with van der Waals surface area (Å²) in [4.78, 5) is 24.8. The Kier molecular flexibility index (Phi) is 5.32. The van der Waals surface area contributed by atoms with E-state index in [1.165, 1.54) is 23.5 Å². The number of nitrogens with one attached hydrogen (secondary N) is 1. The topological polar surface area (TPSA) is 58.1 Å². The fraction of sp³-hybridized carbons (Fsp3) is 0.350. The van der Waals surface area contributed by atoms with E-state index in [-0.39, 0.29) is 11.8 Å². The van der Waals surface area contributed by atoms with Gasteiger partial charge < -0.3 is 5.32 Å². The van der Waals surface area contributed by atoms with Crippen LogP contribution in [0.5, 0.6) is 0 Å². The Morgan fingerprint density at radius 2 is 1.86 bits per heavy atom. The summed E-state index contributed by atoms with van der Waals surface area (Å²) in [6, 6.07) is 3.64. The van der Waals surface area contributed by atoms with Gasteiger partial charge in [-0.1, -0.05) is 0 Å². The van der Waals surface area contributed by atoms with Crippen molar-refractivity contribution in [2.45, 2.75) is 25.3 Å². The van der Waals surface area contributed by atoms with Gasteiger partial charge in [0.2, 0.25) is 0 Å². The molecule has 4 rings (SSSR count). The number of benzene rings is 1. The molecule has 146 valence electrons. The molecule has 1 amide bonds. The lowest BCUT2D eigenvalue weighted by molar-refractivity contribution is 0.0965. The summed E-state index contributed by atoms with van der Waals surface area (Å²) in [5.74, 6) is -1.01. The van der Waals surface area contributed by atoms with Crippen molar-refractivity contribution in [1.82, 2.24) is 20.2 Å². The van der Waals surface area contributed by atoms with E-state index in [1.807, 2.05) is 0 Å². The first-order valence-electron chi connectivity index (χ1n) is 9.18. The number of amides is 1. The van der Waals surface area contributed by atoms with Crippen molar-refractivity contribution >= 4 is 27.6 Å². The predicted octanol–water partition coefficient (Wildman–Crippen LogP) is 3.71. The van der Waals surface area contributed by atoms with E-state index in [2.05, 4.69) is 20.2 Å². The van der Waals surface area contributed by atoms with E-state index in [0.29, 0.717) is 17.0 Å². The second-order valence-electron chi connectivity index (χ2n) is 6.96. The summed E-state index contributed by atoms with van der Waals surface area (Å²) in [7, 11) is 1.62. The summed E-state index contributed by atoms with van der Waals surface area (Å²) in [6.07, 6.45) is 4.99. The second-order valence-corrected chi connectivity index (χ2v) is 7.96. The number of carbonyl (C=O) groups excluding carboxylic acids is 1. The SMILES string of the molecule is CNC(=O)c1sc2nccnc2c1C1CCN(Cc2cc(F)cc(F)c2)CC1. The monoisotopic (exact) mass is 402 g/mol. The van der Waals surface area contributed by atoms with Crippen LogP contribution in [0.2, 0.25) is 0 Å². The van der Waals surface area contributed by atoms with Gasteiger partial charge in [0.05, 0.1) is 4.88 Å². The second kappa shape index (κ2) is 7.89. The Morgan fingerprint density at radius 3 is 2.54 bits per heavy atom. The van der Waals surface area contributed by atoms with Crippen molar-refractivity contribution < 1.29 is 13.6 Å². The maximum Gasteiger partial charge on any atom is 0.261 e. The Labute approximate surface area is 165 Å². The van der Waals surface area contributed by atoms with Crippen LogP contribution in [0.1, 0.15) is 39.6 Å². The quantitative estimate of drug-likeness (QED) is 0.723. The van der Waals surface area contributed by atoms with E-state index in [1.54, 1.807) is 19.4 Å². The van der Waals surface area contributed by atoms with Crippen molar-refractivity contribution in [3.63, 3.8) is 0 Å². The summed E-state index contributed by atoms with van der Waals surface area (Å²) in [5, 5.41) is 2.71. The molecule has 28 heavy (non-hydrogen) atoms. The number of hydrogen-bond acceptors (Lipinski definition) is 5. The zero-order chi connectivity index (χ0) is 19.7. The highest BCUT2D eigenvalue weighted by Crippen LogP contribution is 2.39. The number of likely N-dealkylation sites (tertiary alicyclic amines) is 1. The average Bonchev–Trinajstić information content (AvgIpc) is 3.07. The molecule has 2 aromatic heterocycles. The number of rotatable bonds is 4. The molecule has 3 heterocycles. The molecule has 0 aliphatic carbocycles. The maximum absolute atomic E-state index is 13.4. The molecular formula is C20H20F2N4OS. The van der Waals surface area contributed by atoms with Gasteiger partial charge in [0.15, 0.2) is 0 Å². The van der Waals surface area contributed by atoms with Gasteiger partial charge in [-0.25, -0.2) is 13.8 Å². The largest absolute Gasteiger partial charge is 0.354 e. The third-order valence-electron chi connectivity index (χ3n) is 5.12. The van der Waals surface area contributed by atoms with Crippen LogP contribution in [0.4, 0.5) is 8.78 Å². The van der Waals surface area contributed by atoms with Gasteiger partial charge in [-0.05, 0) is 49.5 Å². The zero-order valence-electron chi connectivity index (χ0n) is 15.4. The average molecular weight is 402 g/mol. The normalized spacial score (nSPS) is 15.8. The molecule has 8 heteroatoms. The molecule has 0 spiro atoms. The highest BCUT2D eigenvalue weighted by molar-refractivity contribution is 7.20. The van der Waals surface area contributed by atoms with Crippen LogP contribution in [0.3, 0.4) is 0 Å². The van der Waals surface area contributed by atoms with Gasteiger partial charge >= 0.3 is 0 Å². The summed E-state index contributed by atoms with van der Waals surface area (Å²) in [6.45, 7) is 2.08. The standard InChI is InChI=1S/C20H20F2N4OS/c1-23-19(27)18-16(17-20(28-18)25-5-4-24-17)13-2-6-26(7-3-13)11-12-8-14(21)10-15(22)9-12/h4-5,8-10,13H,2-3,6-7,11H2,1H3,(H,23,27). The lowest BCUT2D eigenvalue weighted by Crippen LogP contribution is -2.33. The Morgan fingerprint density at radius 1 is 1.18 bits per heavy atom. The molecule has 1 saturated heterocycles. The van der Waals surface area contributed by atoms with Crippen LogP contribution in [-0.4, -0.2) is 40.9 Å². The predicted molar refractivity (Wildman–Crippen MR) is 104 cm³/mol. The minimum atomic E-state index is -0.552. The molecular weight excluding hydrogens is 382 g/mol. The fourth-order valence-electron chi connectivity index (χ4n) is 3.85. The first-order chi connectivity index (χ1) is 13.5. The molecule has 1 fully saturated rings. The van der Waals surface area contributed by atoms with Gasteiger partial charge in [-0.2, -0.15) is 0 Å². The van der Waals surface area contributed by atoms with Crippen molar-refractivity contribution in [2.75, 3.05) is 20.1 Å². The third kappa shape index (κ3) is 3.74. The van der Waals surface area contributed by atoms with E-state index in [0.717, 1.165) is 47.9 Å². The van der Waals surface area contributed by atoms with Gasteiger partial charge in [0, 0.05) is 37.6 Å². The van der Waals surface area contributed by atoms with Gasteiger partial charge in [0.1, 0.15) is 22.0 Å². The number of nitrogens with zero attached hydrogens (tertiary/aromatic N) is 3. The summed E-state index contributed by atoms with van der Waals surface area (Å²) < 4.78 is 26.8. The molecule has 0 unspecified atom stereocenters. The molecule has 1 aliphatic rings. The Hall–Kier alpha value is -2.45. The molecule has 1 aliphatic heterocycles. The number of aromatic nitrogens is 2. The summed E-state index contributed by atoms with van der Waals surface area (Å²) >= 11 is 1.37. The number of carbonyl (C=O) groups is 1. The maximum atomic E-state index is 13.4. The Bertz CT molecular complexity index is 994.